The van der Waals surface area contributed by atoms with Crippen molar-refractivity contribution in [2.24, 2.45) is 5.73 Å². The molecule has 0 saturated carbocycles. The summed E-state index contributed by atoms with van der Waals surface area (Å²) in [5.74, 6) is -0.991. The third-order valence-electron chi connectivity index (χ3n) is 2.98. The Bertz CT molecular complexity index is 658. The fourth-order valence-corrected chi connectivity index (χ4v) is 1.89. The van der Waals surface area contributed by atoms with Gasteiger partial charge in [-0.25, -0.2) is 9.07 Å². The number of hydrogen-bond acceptors (Lipinski definition) is 3. The van der Waals surface area contributed by atoms with Crippen molar-refractivity contribution >= 4 is 5.91 Å². The Labute approximate surface area is 123 Å². The maximum Gasteiger partial charge on any atom is 0.251 e. The molecule has 0 unspecified atom stereocenters. The average Bonchev–Trinajstić information content (AvgIpc) is 2.85. The van der Waals surface area contributed by atoms with Crippen LogP contribution in [0.1, 0.15) is 36.7 Å². The third kappa shape index (κ3) is 3.66. The number of hydrogen-bond donors (Lipinski definition) is 2. The van der Waals surface area contributed by atoms with Crippen LogP contribution in [0.15, 0.2) is 30.6 Å². The second-order valence-corrected chi connectivity index (χ2v) is 5.89. The van der Waals surface area contributed by atoms with Gasteiger partial charge >= 0.3 is 0 Å². The van der Waals surface area contributed by atoms with Gasteiger partial charge in [-0.2, -0.15) is 5.10 Å². The molecule has 1 heterocycles. The van der Waals surface area contributed by atoms with Gasteiger partial charge in [-0.15, -0.1) is 0 Å². The van der Waals surface area contributed by atoms with Crippen molar-refractivity contribution in [2.45, 2.75) is 32.9 Å². The van der Waals surface area contributed by atoms with Gasteiger partial charge in [-0.3, -0.25) is 4.79 Å². The minimum atomic E-state index is -0.591. The molecule has 0 atom stereocenters. The number of aromatic nitrogens is 2. The number of amides is 1. The van der Waals surface area contributed by atoms with Crippen LogP contribution >= 0.6 is 0 Å². The Morgan fingerprint density at radius 3 is 2.71 bits per heavy atom. The number of carbonyl (C=O) groups excluding carboxylic acids is 1. The summed E-state index contributed by atoms with van der Waals surface area (Å²) in [6.45, 7) is 6.59. The van der Waals surface area contributed by atoms with Crippen LogP contribution in [0.3, 0.4) is 0 Å². The van der Waals surface area contributed by atoms with Crippen LogP contribution < -0.4 is 11.1 Å². The highest BCUT2D eigenvalue weighted by Gasteiger charge is 2.15. The fourth-order valence-electron chi connectivity index (χ4n) is 1.89. The molecule has 0 aliphatic carbocycles. The van der Waals surface area contributed by atoms with E-state index in [0.29, 0.717) is 12.2 Å². The van der Waals surface area contributed by atoms with Crippen LogP contribution in [0.5, 0.6) is 0 Å². The summed E-state index contributed by atoms with van der Waals surface area (Å²) in [5.41, 5.74) is 6.43. The van der Waals surface area contributed by atoms with Crippen LogP contribution in [-0.2, 0) is 6.54 Å². The lowest BCUT2D eigenvalue weighted by molar-refractivity contribution is 0.100. The topological polar surface area (TPSA) is 72.9 Å². The first-order chi connectivity index (χ1) is 9.78. The highest BCUT2D eigenvalue weighted by Crippen LogP contribution is 2.19. The highest BCUT2D eigenvalue weighted by molar-refractivity contribution is 5.92. The van der Waals surface area contributed by atoms with Crippen LogP contribution in [-0.4, -0.2) is 21.2 Å². The second-order valence-electron chi connectivity index (χ2n) is 5.89. The molecular formula is C15H19FN4O. The number of halogens is 1. The minimum Gasteiger partial charge on any atom is -0.366 e. The van der Waals surface area contributed by atoms with E-state index in [1.165, 1.54) is 23.1 Å². The number of nitrogens with two attached hydrogens (primary N) is 1. The average molecular weight is 290 g/mol. The number of para-hydroxylation sites is 1. The van der Waals surface area contributed by atoms with Gasteiger partial charge in [0, 0.05) is 18.3 Å². The fraction of sp³-hybridized carbons (Fsp3) is 0.333. The standard InChI is InChI=1S/C15H19FN4O/c1-15(2,3)18-7-10-5-4-6-12(16)13(10)20-9-11(8-19-20)14(17)21/h4-6,8-9,18H,7H2,1-3H3,(H2,17,21). The first-order valence-corrected chi connectivity index (χ1v) is 6.65. The normalized spacial score (nSPS) is 11.6. The molecule has 0 aliphatic heterocycles. The van der Waals surface area contributed by atoms with Gasteiger partial charge in [0.15, 0.2) is 0 Å². The lowest BCUT2D eigenvalue weighted by Crippen LogP contribution is -2.35. The van der Waals surface area contributed by atoms with Crippen molar-refractivity contribution in [3.05, 3.63) is 47.5 Å². The van der Waals surface area contributed by atoms with Crippen molar-refractivity contribution in [2.75, 3.05) is 0 Å². The molecule has 5 nitrogen and oxygen atoms in total. The van der Waals surface area contributed by atoms with E-state index in [1.54, 1.807) is 6.07 Å². The van der Waals surface area contributed by atoms with Crippen molar-refractivity contribution < 1.29 is 9.18 Å². The van der Waals surface area contributed by atoms with Gasteiger partial charge in [-0.1, -0.05) is 12.1 Å². The zero-order valence-electron chi connectivity index (χ0n) is 12.4. The number of rotatable bonds is 4. The molecule has 1 aromatic heterocycles. The van der Waals surface area contributed by atoms with E-state index in [9.17, 15) is 9.18 Å². The molecular weight excluding hydrogens is 271 g/mol. The zero-order valence-corrected chi connectivity index (χ0v) is 12.4. The third-order valence-corrected chi connectivity index (χ3v) is 2.98. The van der Waals surface area contributed by atoms with Gasteiger partial charge in [0.1, 0.15) is 11.5 Å². The first-order valence-electron chi connectivity index (χ1n) is 6.65. The summed E-state index contributed by atoms with van der Waals surface area (Å²) in [7, 11) is 0. The summed E-state index contributed by atoms with van der Waals surface area (Å²) >= 11 is 0. The second kappa shape index (κ2) is 5.65. The van der Waals surface area contributed by atoms with Gasteiger partial charge in [0.25, 0.3) is 5.91 Å². The quantitative estimate of drug-likeness (QED) is 0.904. The highest BCUT2D eigenvalue weighted by atomic mass is 19.1. The number of nitrogens with one attached hydrogen (secondary N) is 1. The molecule has 3 N–H and O–H groups in total. The molecule has 0 saturated heterocycles. The van der Waals surface area contributed by atoms with Crippen LogP contribution in [0.25, 0.3) is 5.69 Å². The van der Waals surface area contributed by atoms with Gasteiger partial charge in [0.05, 0.1) is 11.8 Å². The maximum atomic E-state index is 14.2. The van der Waals surface area contributed by atoms with Gasteiger partial charge < -0.3 is 11.1 Å². The molecule has 1 aromatic carbocycles. The summed E-state index contributed by atoms with van der Waals surface area (Å²) in [6.07, 6.45) is 2.76. The molecule has 21 heavy (non-hydrogen) atoms. The van der Waals surface area contributed by atoms with E-state index in [1.807, 2.05) is 26.8 Å². The molecule has 0 spiro atoms. The van der Waals surface area contributed by atoms with E-state index in [2.05, 4.69) is 10.4 Å². The predicted molar refractivity (Wildman–Crippen MR) is 78.6 cm³/mol. The Hall–Kier alpha value is -2.21. The lowest BCUT2D eigenvalue weighted by Gasteiger charge is -2.21. The lowest BCUT2D eigenvalue weighted by atomic mass is 10.1. The molecule has 112 valence electrons. The Morgan fingerprint density at radius 1 is 1.43 bits per heavy atom. The number of nitrogens with zero attached hydrogens (tertiary/aromatic N) is 2. The van der Waals surface area contributed by atoms with Gasteiger partial charge in [-0.05, 0) is 32.4 Å². The largest absolute Gasteiger partial charge is 0.366 e. The summed E-state index contributed by atoms with van der Waals surface area (Å²) < 4.78 is 15.5. The van der Waals surface area contributed by atoms with Crippen molar-refractivity contribution in [3.63, 3.8) is 0 Å². The van der Waals surface area contributed by atoms with E-state index in [0.717, 1.165) is 5.56 Å². The SMILES string of the molecule is CC(C)(C)NCc1cccc(F)c1-n1cc(C(N)=O)cn1. The first kappa shape index (κ1) is 15.2. The minimum absolute atomic E-state index is 0.0912. The number of carbonyl (C=O) groups is 1. The van der Waals surface area contributed by atoms with E-state index in [-0.39, 0.29) is 11.1 Å². The monoisotopic (exact) mass is 290 g/mol. The Morgan fingerprint density at radius 2 is 2.14 bits per heavy atom. The molecule has 0 aliphatic rings. The summed E-state index contributed by atoms with van der Waals surface area (Å²) in [5, 5.41) is 7.33. The van der Waals surface area contributed by atoms with Crippen molar-refractivity contribution in [1.82, 2.24) is 15.1 Å². The van der Waals surface area contributed by atoms with E-state index < -0.39 is 11.7 Å². The predicted octanol–water partition coefficient (Wildman–Crippen LogP) is 2.00. The molecule has 0 bridgehead atoms. The van der Waals surface area contributed by atoms with Gasteiger partial charge in [0.2, 0.25) is 0 Å². The molecule has 1 amide bonds. The molecule has 6 heteroatoms. The van der Waals surface area contributed by atoms with Crippen LogP contribution in [0.4, 0.5) is 4.39 Å². The number of benzene rings is 1. The molecule has 0 fully saturated rings. The summed E-state index contributed by atoms with van der Waals surface area (Å²) in [4.78, 5) is 11.1. The van der Waals surface area contributed by atoms with E-state index in [4.69, 9.17) is 5.73 Å². The molecule has 0 radical (unpaired) electrons. The molecule has 2 aromatic rings. The maximum absolute atomic E-state index is 14.2. The van der Waals surface area contributed by atoms with Crippen molar-refractivity contribution in [1.29, 1.82) is 0 Å². The van der Waals surface area contributed by atoms with Crippen molar-refractivity contribution in [3.8, 4) is 5.69 Å². The Kier molecular flexibility index (Phi) is 4.09. The smallest absolute Gasteiger partial charge is 0.251 e. The number of primary amides is 1. The van der Waals surface area contributed by atoms with Crippen LogP contribution in [0, 0.1) is 5.82 Å². The zero-order chi connectivity index (χ0) is 15.6. The molecule has 2 rings (SSSR count). The summed E-state index contributed by atoms with van der Waals surface area (Å²) in [6, 6.07) is 4.83. The van der Waals surface area contributed by atoms with E-state index >= 15 is 0 Å². The Balaban J connectivity index is 2.39. The van der Waals surface area contributed by atoms with Crippen LogP contribution in [0.2, 0.25) is 0 Å².